The standard InChI is InChI=1S/C18H28ClN3O3.ClH/c1-3-11-25-17-15(19)12-14(13-16(17)24-2)18(23)21-5-4-8-22-9-6-20-7-10-22;/h12-13,20H,3-11H2,1-2H3,(H,21,23);1H. The van der Waals surface area contributed by atoms with Gasteiger partial charge in [-0.05, 0) is 31.5 Å². The van der Waals surface area contributed by atoms with E-state index in [0.717, 1.165) is 45.6 Å². The maximum Gasteiger partial charge on any atom is 0.251 e. The average Bonchev–Trinajstić information content (AvgIpc) is 2.64. The molecule has 1 aliphatic heterocycles. The van der Waals surface area contributed by atoms with Gasteiger partial charge in [-0.2, -0.15) is 0 Å². The van der Waals surface area contributed by atoms with E-state index in [2.05, 4.69) is 15.5 Å². The Hall–Kier alpha value is -1.21. The van der Waals surface area contributed by atoms with Crippen LogP contribution < -0.4 is 20.1 Å². The lowest BCUT2D eigenvalue weighted by Crippen LogP contribution is -2.44. The fourth-order valence-corrected chi connectivity index (χ4v) is 3.00. The van der Waals surface area contributed by atoms with Crippen LogP contribution in [0, 0.1) is 0 Å². The number of nitrogens with one attached hydrogen (secondary N) is 2. The molecule has 1 aliphatic rings. The first kappa shape index (κ1) is 22.8. The normalized spacial score (nSPS) is 14.4. The summed E-state index contributed by atoms with van der Waals surface area (Å²) in [5.74, 6) is 0.816. The zero-order valence-electron chi connectivity index (χ0n) is 15.5. The minimum Gasteiger partial charge on any atom is -0.493 e. The van der Waals surface area contributed by atoms with E-state index in [9.17, 15) is 4.79 Å². The van der Waals surface area contributed by atoms with Crippen LogP contribution in [0.3, 0.4) is 0 Å². The minimum atomic E-state index is -0.150. The van der Waals surface area contributed by atoms with Crippen LogP contribution in [0.15, 0.2) is 12.1 Å². The van der Waals surface area contributed by atoms with E-state index in [1.807, 2.05) is 6.92 Å². The maximum absolute atomic E-state index is 12.4. The van der Waals surface area contributed by atoms with Crippen molar-refractivity contribution in [1.29, 1.82) is 0 Å². The van der Waals surface area contributed by atoms with Crippen LogP contribution in [0.25, 0.3) is 0 Å². The van der Waals surface area contributed by atoms with Crippen molar-refractivity contribution < 1.29 is 14.3 Å². The molecule has 148 valence electrons. The second kappa shape index (κ2) is 12.2. The molecular weight excluding hydrogens is 377 g/mol. The molecule has 1 aromatic carbocycles. The van der Waals surface area contributed by atoms with Gasteiger partial charge in [0.2, 0.25) is 0 Å². The van der Waals surface area contributed by atoms with Crippen LogP contribution in [0.5, 0.6) is 11.5 Å². The highest BCUT2D eigenvalue weighted by molar-refractivity contribution is 6.32. The highest BCUT2D eigenvalue weighted by Crippen LogP contribution is 2.36. The summed E-state index contributed by atoms with van der Waals surface area (Å²) in [6, 6.07) is 3.29. The zero-order chi connectivity index (χ0) is 18.1. The van der Waals surface area contributed by atoms with Crippen LogP contribution >= 0.6 is 24.0 Å². The molecular formula is C18H29Cl2N3O3. The molecule has 0 unspecified atom stereocenters. The Bertz CT molecular complexity index is 567. The van der Waals surface area contributed by atoms with Crippen molar-refractivity contribution in [2.75, 3.05) is 53.0 Å². The zero-order valence-corrected chi connectivity index (χ0v) is 17.0. The number of amides is 1. The van der Waals surface area contributed by atoms with Crippen LogP contribution in [-0.2, 0) is 0 Å². The van der Waals surface area contributed by atoms with Gasteiger partial charge in [-0.1, -0.05) is 18.5 Å². The Balaban J connectivity index is 0.00000338. The third kappa shape index (κ3) is 6.83. The second-order valence-corrected chi connectivity index (χ2v) is 6.45. The van der Waals surface area contributed by atoms with Gasteiger partial charge in [0.15, 0.2) is 11.5 Å². The molecule has 8 heteroatoms. The fourth-order valence-electron chi connectivity index (χ4n) is 2.74. The first-order chi connectivity index (χ1) is 12.2. The number of hydrogen-bond donors (Lipinski definition) is 2. The molecule has 0 bridgehead atoms. The van der Waals surface area contributed by atoms with Crippen molar-refractivity contribution in [2.24, 2.45) is 0 Å². The Labute approximate surface area is 167 Å². The molecule has 2 N–H and O–H groups in total. The molecule has 0 aliphatic carbocycles. The minimum absolute atomic E-state index is 0. The van der Waals surface area contributed by atoms with Crippen LogP contribution in [0.1, 0.15) is 30.1 Å². The van der Waals surface area contributed by atoms with Gasteiger partial charge in [0.25, 0.3) is 5.91 Å². The number of carbonyl (C=O) groups excluding carboxylic acids is 1. The summed E-state index contributed by atoms with van der Waals surface area (Å²) < 4.78 is 10.9. The highest BCUT2D eigenvalue weighted by atomic mass is 35.5. The van der Waals surface area contributed by atoms with Crippen molar-refractivity contribution in [2.45, 2.75) is 19.8 Å². The van der Waals surface area contributed by atoms with Gasteiger partial charge < -0.3 is 25.0 Å². The van der Waals surface area contributed by atoms with E-state index < -0.39 is 0 Å². The van der Waals surface area contributed by atoms with Gasteiger partial charge in [-0.25, -0.2) is 0 Å². The summed E-state index contributed by atoms with van der Waals surface area (Å²) in [5.41, 5.74) is 0.480. The number of ether oxygens (including phenoxy) is 2. The van der Waals surface area contributed by atoms with Crippen molar-refractivity contribution in [3.63, 3.8) is 0 Å². The topological polar surface area (TPSA) is 62.8 Å². The van der Waals surface area contributed by atoms with Gasteiger partial charge in [0.1, 0.15) is 0 Å². The SMILES string of the molecule is CCCOc1c(Cl)cc(C(=O)NCCCN2CCNCC2)cc1OC.Cl. The summed E-state index contributed by atoms with van der Waals surface area (Å²) in [5, 5.41) is 6.66. The van der Waals surface area contributed by atoms with E-state index in [1.54, 1.807) is 19.2 Å². The predicted molar refractivity (Wildman–Crippen MR) is 107 cm³/mol. The molecule has 0 atom stereocenters. The quantitative estimate of drug-likeness (QED) is 0.618. The maximum atomic E-state index is 12.4. The van der Waals surface area contributed by atoms with E-state index in [1.165, 1.54) is 0 Å². The third-order valence-corrected chi connectivity index (χ3v) is 4.37. The summed E-state index contributed by atoms with van der Waals surface area (Å²) in [4.78, 5) is 14.8. The highest BCUT2D eigenvalue weighted by Gasteiger charge is 2.16. The molecule has 6 nitrogen and oxygen atoms in total. The Kier molecular flexibility index (Phi) is 10.7. The number of methoxy groups -OCH3 is 1. The number of halogens is 2. The summed E-state index contributed by atoms with van der Waals surface area (Å²) >= 11 is 6.26. The van der Waals surface area contributed by atoms with E-state index in [-0.39, 0.29) is 18.3 Å². The fraction of sp³-hybridized carbons (Fsp3) is 0.611. The lowest BCUT2D eigenvalue weighted by molar-refractivity contribution is 0.0951. The lowest BCUT2D eigenvalue weighted by Gasteiger charge is -2.27. The van der Waals surface area contributed by atoms with Gasteiger partial charge in [0, 0.05) is 38.3 Å². The molecule has 1 aromatic rings. The lowest BCUT2D eigenvalue weighted by atomic mass is 10.2. The molecule has 0 aromatic heterocycles. The van der Waals surface area contributed by atoms with E-state index in [4.69, 9.17) is 21.1 Å². The molecule has 0 spiro atoms. The molecule has 1 heterocycles. The third-order valence-electron chi connectivity index (χ3n) is 4.09. The molecule has 26 heavy (non-hydrogen) atoms. The van der Waals surface area contributed by atoms with Crippen molar-refractivity contribution in [3.05, 3.63) is 22.7 Å². The van der Waals surface area contributed by atoms with Gasteiger partial charge in [-0.3, -0.25) is 4.79 Å². The van der Waals surface area contributed by atoms with Gasteiger partial charge >= 0.3 is 0 Å². The number of nitrogens with zero attached hydrogens (tertiary/aromatic N) is 1. The van der Waals surface area contributed by atoms with Crippen molar-refractivity contribution >= 4 is 29.9 Å². The summed E-state index contributed by atoms with van der Waals surface area (Å²) in [6.07, 6.45) is 1.79. The number of benzene rings is 1. The second-order valence-electron chi connectivity index (χ2n) is 6.04. The largest absolute Gasteiger partial charge is 0.493 e. The predicted octanol–water partition coefficient (Wildman–Crippen LogP) is 2.58. The van der Waals surface area contributed by atoms with Crippen molar-refractivity contribution in [1.82, 2.24) is 15.5 Å². The van der Waals surface area contributed by atoms with Crippen LogP contribution in [0.2, 0.25) is 5.02 Å². The first-order valence-electron chi connectivity index (χ1n) is 8.87. The monoisotopic (exact) mass is 405 g/mol. The van der Waals surface area contributed by atoms with E-state index >= 15 is 0 Å². The molecule has 0 saturated carbocycles. The number of carbonyl (C=O) groups is 1. The smallest absolute Gasteiger partial charge is 0.251 e. The molecule has 1 saturated heterocycles. The summed E-state index contributed by atoms with van der Waals surface area (Å²) in [7, 11) is 1.54. The average molecular weight is 406 g/mol. The van der Waals surface area contributed by atoms with Gasteiger partial charge in [0.05, 0.1) is 18.7 Å². The first-order valence-corrected chi connectivity index (χ1v) is 9.25. The molecule has 1 fully saturated rings. The Morgan fingerprint density at radius 1 is 1.35 bits per heavy atom. The molecule has 1 amide bonds. The number of piperazine rings is 1. The summed E-state index contributed by atoms with van der Waals surface area (Å²) in [6.45, 7) is 8.41. The van der Waals surface area contributed by atoms with Gasteiger partial charge in [-0.15, -0.1) is 12.4 Å². The van der Waals surface area contributed by atoms with Crippen molar-refractivity contribution in [3.8, 4) is 11.5 Å². The number of rotatable bonds is 9. The Morgan fingerprint density at radius 3 is 2.73 bits per heavy atom. The van der Waals surface area contributed by atoms with Crippen LogP contribution in [0.4, 0.5) is 0 Å². The van der Waals surface area contributed by atoms with Crippen LogP contribution in [-0.4, -0.2) is 63.8 Å². The number of hydrogen-bond acceptors (Lipinski definition) is 5. The van der Waals surface area contributed by atoms with E-state index in [0.29, 0.717) is 35.2 Å². The Morgan fingerprint density at radius 2 is 2.08 bits per heavy atom. The molecule has 2 rings (SSSR count). The molecule has 0 radical (unpaired) electrons.